The van der Waals surface area contributed by atoms with Gasteiger partial charge in [0.05, 0.1) is 13.2 Å². The highest BCUT2D eigenvalue weighted by Gasteiger charge is 2.32. The number of rotatable bonds is 5. The third-order valence-corrected chi connectivity index (χ3v) is 4.88. The van der Waals surface area contributed by atoms with Crippen LogP contribution in [-0.4, -0.2) is 36.2 Å². The summed E-state index contributed by atoms with van der Waals surface area (Å²) in [5, 5.41) is 0. The topological polar surface area (TPSA) is 63.0 Å². The summed E-state index contributed by atoms with van der Waals surface area (Å²) in [5.74, 6) is -0.558. The molecule has 0 saturated carbocycles. The predicted octanol–water partition coefficient (Wildman–Crippen LogP) is 4.26. The van der Waals surface area contributed by atoms with Gasteiger partial charge in [-0.2, -0.15) is 4.39 Å². The molecule has 1 unspecified atom stereocenters. The fraction of sp³-hybridized carbons (Fsp3) is 0.333. The van der Waals surface area contributed by atoms with Gasteiger partial charge in [0.1, 0.15) is 5.82 Å². The first-order valence-electron chi connectivity index (χ1n) is 9.36. The van der Waals surface area contributed by atoms with Gasteiger partial charge in [0.15, 0.2) is 23.2 Å². The summed E-state index contributed by atoms with van der Waals surface area (Å²) in [6, 6.07) is 3.18. The van der Waals surface area contributed by atoms with E-state index in [1.54, 1.807) is 30.6 Å². The molecule has 0 fully saturated rings. The number of aromatic nitrogens is 2. The number of hydrogen-bond acceptors (Lipinski definition) is 5. The van der Waals surface area contributed by atoms with Crippen LogP contribution in [0.3, 0.4) is 0 Å². The molecule has 2 aromatic rings. The highest BCUT2D eigenvalue weighted by molar-refractivity contribution is 5.98. The zero-order valence-corrected chi connectivity index (χ0v) is 16.7. The van der Waals surface area contributed by atoms with Crippen molar-refractivity contribution >= 4 is 18.4 Å². The van der Waals surface area contributed by atoms with Gasteiger partial charge >= 0.3 is 0 Å². The molecular formula is C21H23F2N5O. The standard InChI is InChI=1S/C21H23F2N5O/c1-5-9-25-20(24-3)21-26-10-7-17(27-21)28-11-8-13-14(15(28)6-2)12-16(29-4)19(23)18(13)22/h5,7,9-10,12,15H,3,6,8,11H2,1-2,4H3/b9-5-,25-20?. The maximum absolute atomic E-state index is 14.6. The van der Waals surface area contributed by atoms with Gasteiger partial charge in [-0.05, 0) is 49.7 Å². The average molecular weight is 399 g/mol. The highest BCUT2D eigenvalue weighted by atomic mass is 19.2. The molecule has 2 heterocycles. The fourth-order valence-corrected chi connectivity index (χ4v) is 3.56. The molecule has 1 aliphatic heterocycles. The molecule has 1 aliphatic rings. The minimum atomic E-state index is -0.944. The lowest BCUT2D eigenvalue weighted by molar-refractivity contribution is 0.365. The molecule has 152 valence electrons. The lowest BCUT2D eigenvalue weighted by Crippen LogP contribution is -2.37. The van der Waals surface area contributed by atoms with Crippen LogP contribution in [0.15, 0.2) is 40.6 Å². The van der Waals surface area contributed by atoms with E-state index in [1.165, 1.54) is 7.11 Å². The van der Waals surface area contributed by atoms with Crippen LogP contribution in [0.1, 0.15) is 43.3 Å². The first-order chi connectivity index (χ1) is 14.0. The van der Waals surface area contributed by atoms with Gasteiger partial charge in [0.25, 0.3) is 0 Å². The number of aliphatic imine (C=N–C) groups is 2. The van der Waals surface area contributed by atoms with Crippen molar-refractivity contribution in [2.24, 2.45) is 9.98 Å². The van der Waals surface area contributed by atoms with E-state index in [0.717, 1.165) is 0 Å². The molecule has 0 amide bonds. The molecule has 0 radical (unpaired) electrons. The van der Waals surface area contributed by atoms with Crippen LogP contribution in [-0.2, 0) is 6.42 Å². The van der Waals surface area contributed by atoms with E-state index in [0.29, 0.717) is 48.0 Å². The Kier molecular flexibility index (Phi) is 6.31. The molecule has 0 N–H and O–H groups in total. The average Bonchev–Trinajstić information content (AvgIpc) is 2.76. The summed E-state index contributed by atoms with van der Waals surface area (Å²) in [5.41, 5.74) is 1.10. The Morgan fingerprint density at radius 2 is 2.21 bits per heavy atom. The first kappa shape index (κ1) is 20.6. The van der Waals surface area contributed by atoms with Crippen molar-refractivity contribution in [2.45, 2.75) is 32.7 Å². The van der Waals surface area contributed by atoms with Crippen molar-refractivity contribution in [2.75, 3.05) is 18.6 Å². The summed E-state index contributed by atoms with van der Waals surface area (Å²) in [6.45, 7) is 7.86. The van der Waals surface area contributed by atoms with Gasteiger partial charge in [0.2, 0.25) is 5.82 Å². The van der Waals surface area contributed by atoms with Gasteiger partial charge < -0.3 is 9.64 Å². The summed E-state index contributed by atoms with van der Waals surface area (Å²) >= 11 is 0. The normalized spacial score (nSPS) is 16.8. The third kappa shape index (κ3) is 3.87. The number of halogens is 2. The number of nitrogens with zero attached hydrogens (tertiary/aromatic N) is 5. The zero-order chi connectivity index (χ0) is 21.0. The van der Waals surface area contributed by atoms with Crippen LogP contribution in [0, 0.1) is 11.6 Å². The summed E-state index contributed by atoms with van der Waals surface area (Å²) < 4.78 is 33.7. The molecule has 6 nitrogen and oxygen atoms in total. The van der Waals surface area contributed by atoms with Crippen molar-refractivity contribution in [3.63, 3.8) is 0 Å². The second kappa shape index (κ2) is 8.89. The number of ether oxygens (including phenoxy) is 1. The minimum Gasteiger partial charge on any atom is -0.494 e. The maximum atomic E-state index is 14.6. The minimum absolute atomic E-state index is 0.0958. The molecule has 29 heavy (non-hydrogen) atoms. The Balaban J connectivity index is 2.04. The number of allylic oxidation sites excluding steroid dienone is 1. The largest absolute Gasteiger partial charge is 0.494 e. The van der Waals surface area contributed by atoms with Gasteiger partial charge in [-0.3, -0.25) is 0 Å². The van der Waals surface area contributed by atoms with E-state index in [-0.39, 0.29) is 11.8 Å². The number of hydrogen-bond donors (Lipinski definition) is 0. The SMILES string of the molecule is C=NC(=N/C=C\C)c1nccc(N2CCc3c(cc(OC)c(F)c3F)C2CC)n1. The molecule has 0 aliphatic carbocycles. The monoisotopic (exact) mass is 399 g/mol. The highest BCUT2D eigenvalue weighted by Crippen LogP contribution is 2.39. The summed E-state index contributed by atoms with van der Waals surface area (Å²) in [4.78, 5) is 19.0. The lowest BCUT2D eigenvalue weighted by Gasteiger charge is -2.38. The van der Waals surface area contributed by atoms with E-state index in [2.05, 4.69) is 31.6 Å². The quantitative estimate of drug-likeness (QED) is 0.557. The molecule has 3 rings (SSSR count). The Bertz CT molecular complexity index is 974. The summed E-state index contributed by atoms with van der Waals surface area (Å²) in [6.07, 6.45) is 6.03. The van der Waals surface area contributed by atoms with E-state index in [9.17, 15) is 8.78 Å². The molecule has 0 spiro atoms. The molecule has 1 aromatic carbocycles. The second-order valence-corrected chi connectivity index (χ2v) is 6.47. The van der Waals surface area contributed by atoms with Crippen LogP contribution in [0.4, 0.5) is 14.6 Å². The Labute approximate surface area is 168 Å². The Hall–Kier alpha value is -3.16. The van der Waals surface area contributed by atoms with Crippen molar-refractivity contribution in [1.82, 2.24) is 9.97 Å². The molecule has 8 heteroatoms. The molecule has 1 atom stereocenters. The third-order valence-electron chi connectivity index (χ3n) is 4.88. The van der Waals surface area contributed by atoms with Gasteiger partial charge in [-0.25, -0.2) is 24.3 Å². The Morgan fingerprint density at radius 1 is 1.41 bits per heavy atom. The number of benzene rings is 1. The van der Waals surface area contributed by atoms with Crippen LogP contribution in [0.2, 0.25) is 0 Å². The molecule has 0 bridgehead atoms. The van der Waals surface area contributed by atoms with Crippen LogP contribution in [0.5, 0.6) is 5.75 Å². The van der Waals surface area contributed by atoms with E-state index in [4.69, 9.17) is 4.74 Å². The van der Waals surface area contributed by atoms with Crippen molar-refractivity contribution < 1.29 is 13.5 Å². The maximum Gasteiger partial charge on any atom is 0.200 e. The molecule has 1 aromatic heterocycles. The van der Waals surface area contributed by atoms with Gasteiger partial charge in [0, 0.05) is 18.9 Å². The number of amidine groups is 1. The molecule has 0 saturated heterocycles. The van der Waals surface area contributed by atoms with Gasteiger partial charge in [-0.1, -0.05) is 13.0 Å². The lowest BCUT2D eigenvalue weighted by atomic mass is 9.90. The van der Waals surface area contributed by atoms with E-state index >= 15 is 0 Å². The fourth-order valence-electron chi connectivity index (χ4n) is 3.56. The smallest absolute Gasteiger partial charge is 0.200 e. The van der Waals surface area contributed by atoms with Crippen LogP contribution in [0.25, 0.3) is 0 Å². The van der Waals surface area contributed by atoms with Crippen LogP contribution >= 0.6 is 0 Å². The van der Waals surface area contributed by atoms with Crippen molar-refractivity contribution in [1.29, 1.82) is 0 Å². The Morgan fingerprint density at radius 3 is 2.86 bits per heavy atom. The van der Waals surface area contributed by atoms with E-state index in [1.807, 2.05) is 13.8 Å². The zero-order valence-electron chi connectivity index (χ0n) is 16.7. The van der Waals surface area contributed by atoms with Crippen LogP contribution < -0.4 is 9.64 Å². The molecular weight excluding hydrogens is 376 g/mol. The first-order valence-corrected chi connectivity index (χ1v) is 9.36. The number of fused-ring (bicyclic) bond motifs is 1. The van der Waals surface area contributed by atoms with Crippen molar-refractivity contribution in [3.8, 4) is 5.75 Å². The van der Waals surface area contributed by atoms with Gasteiger partial charge in [-0.15, -0.1) is 0 Å². The summed E-state index contributed by atoms with van der Waals surface area (Å²) in [7, 11) is 1.33. The number of methoxy groups -OCH3 is 1. The van der Waals surface area contributed by atoms with Crippen molar-refractivity contribution in [3.05, 3.63) is 59.2 Å². The van der Waals surface area contributed by atoms with E-state index < -0.39 is 11.6 Å². The predicted molar refractivity (Wildman–Crippen MR) is 110 cm³/mol. The second-order valence-electron chi connectivity index (χ2n) is 6.47. The number of anilines is 1.